The molecule has 20 heavy (non-hydrogen) atoms. The van der Waals surface area contributed by atoms with E-state index in [1.165, 1.54) is 11.8 Å². The van der Waals surface area contributed by atoms with Gasteiger partial charge in [-0.3, -0.25) is 4.79 Å². The molecule has 1 aromatic rings. The summed E-state index contributed by atoms with van der Waals surface area (Å²) in [4.78, 5) is 23.6. The minimum atomic E-state index is -0.990. The van der Waals surface area contributed by atoms with Crippen LogP contribution in [0.15, 0.2) is 27.6 Å². The van der Waals surface area contributed by atoms with E-state index in [0.717, 1.165) is 11.3 Å². The van der Waals surface area contributed by atoms with E-state index in [2.05, 4.69) is 21.2 Å². The molecule has 0 aliphatic heterocycles. The maximum Gasteiger partial charge on any atom is 0.336 e. The summed E-state index contributed by atoms with van der Waals surface area (Å²) in [5, 5.41) is 12.0. The first-order valence-corrected chi connectivity index (χ1v) is 7.99. The van der Waals surface area contributed by atoms with Crippen LogP contribution in [0, 0.1) is 0 Å². The Bertz CT molecular complexity index is 517. The van der Waals surface area contributed by atoms with Crippen LogP contribution in [0.4, 0.5) is 0 Å². The molecule has 110 valence electrons. The van der Waals surface area contributed by atoms with Crippen molar-refractivity contribution in [2.45, 2.75) is 37.6 Å². The first kappa shape index (κ1) is 17.0. The van der Waals surface area contributed by atoms with E-state index in [1.807, 2.05) is 20.8 Å². The summed E-state index contributed by atoms with van der Waals surface area (Å²) < 4.78 is 0.533. The van der Waals surface area contributed by atoms with E-state index in [0.29, 0.717) is 4.47 Å². The summed E-state index contributed by atoms with van der Waals surface area (Å²) in [5.41, 5.74) is -0.0202. The van der Waals surface area contributed by atoms with Crippen molar-refractivity contribution in [3.8, 4) is 0 Å². The van der Waals surface area contributed by atoms with Crippen LogP contribution in [0.1, 0.15) is 37.6 Å². The maximum absolute atomic E-state index is 11.8. The molecule has 6 heteroatoms. The number of thioether (sulfide) groups is 1. The van der Waals surface area contributed by atoms with Crippen molar-refractivity contribution >= 4 is 39.6 Å². The van der Waals surface area contributed by atoms with Crippen LogP contribution < -0.4 is 5.32 Å². The highest BCUT2D eigenvalue weighted by molar-refractivity contribution is 9.10. The minimum Gasteiger partial charge on any atom is -0.478 e. The molecule has 2 N–H and O–H groups in total. The lowest BCUT2D eigenvalue weighted by Crippen LogP contribution is -2.43. The fourth-order valence-electron chi connectivity index (χ4n) is 1.41. The minimum absolute atomic E-state index is 0.0540. The zero-order chi connectivity index (χ0) is 15.3. The van der Waals surface area contributed by atoms with Gasteiger partial charge in [0.15, 0.2) is 0 Å². The predicted molar refractivity (Wildman–Crippen MR) is 84.3 cm³/mol. The van der Waals surface area contributed by atoms with Gasteiger partial charge in [-0.15, -0.1) is 11.8 Å². The van der Waals surface area contributed by atoms with Crippen molar-refractivity contribution in [2.75, 3.05) is 5.75 Å². The predicted octanol–water partition coefficient (Wildman–Crippen LogP) is 3.54. The van der Waals surface area contributed by atoms with Crippen molar-refractivity contribution < 1.29 is 14.7 Å². The van der Waals surface area contributed by atoms with Crippen molar-refractivity contribution in [3.63, 3.8) is 0 Å². The van der Waals surface area contributed by atoms with Gasteiger partial charge in [-0.1, -0.05) is 6.92 Å². The number of halogens is 1. The highest BCUT2D eigenvalue weighted by Gasteiger charge is 2.18. The van der Waals surface area contributed by atoms with Gasteiger partial charge in [0.05, 0.1) is 11.3 Å². The van der Waals surface area contributed by atoms with Crippen molar-refractivity contribution in [1.82, 2.24) is 5.32 Å². The Kier molecular flexibility index (Phi) is 6.07. The number of carbonyl (C=O) groups is 2. The zero-order valence-electron chi connectivity index (χ0n) is 11.7. The van der Waals surface area contributed by atoms with Gasteiger partial charge in [-0.25, -0.2) is 4.79 Å². The van der Waals surface area contributed by atoms with E-state index in [9.17, 15) is 9.59 Å². The van der Waals surface area contributed by atoms with Crippen molar-refractivity contribution in [3.05, 3.63) is 28.2 Å². The number of rotatable bonds is 6. The van der Waals surface area contributed by atoms with Gasteiger partial charge in [-0.05, 0) is 54.4 Å². The number of carboxylic acids is 1. The summed E-state index contributed by atoms with van der Waals surface area (Å²) in [6.07, 6.45) is 0.852. The van der Waals surface area contributed by atoms with Gasteiger partial charge in [0.25, 0.3) is 0 Å². The Hall–Kier alpha value is -1.01. The van der Waals surface area contributed by atoms with Gasteiger partial charge in [0.2, 0.25) is 5.91 Å². The molecule has 1 aromatic carbocycles. The molecule has 0 saturated carbocycles. The number of aromatic carboxylic acids is 1. The largest absolute Gasteiger partial charge is 0.478 e. The molecule has 0 atom stereocenters. The number of amides is 1. The van der Waals surface area contributed by atoms with Crippen LogP contribution in [-0.4, -0.2) is 28.3 Å². The molecule has 1 rings (SSSR count). The quantitative estimate of drug-likeness (QED) is 0.762. The van der Waals surface area contributed by atoms with E-state index in [4.69, 9.17) is 5.11 Å². The third-order valence-electron chi connectivity index (χ3n) is 2.90. The van der Waals surface area contributed by atoms with Crippen LogP contribution >= 0.6 is 27.7 Å². The Morgan fingerprint density at radius 3 is 2.60 bits per heavy atom. The molecular weight excluding hydrogens is 342 g/mol. The van der Waals surface area contributed by atoms with Crippen LogP contribution in [0.25, 0.3) is 0 Å². The second kappa shape index (κ2) is 7.13. The zero-order valence-corrected chi connectivity index (χ0v) is 14.1. The SMILES string of the molecule is CCC(C)(C)NC(=O)CSc1ccc(Br)c(C(=O)O)c1. The molecule has 0 radical (unpaired) electrons. The molecule has 0 unspecified atom stereocenters. The monoisotopic (exact) mass is 359 g/mol. The van der Waals surface area contributed by atoms with E-state index >= 15 is 0 Å². The Morgan fingerprint density at radius 1 is 1.40 bits per heavy atom. The third-order valence-corrected chi connectivity index (χ3v) is 4.59. The average Bonchev–Trinajstić information content (AvgIpc) is 2.37. The fourth-order valence-corrected chi connectivity index (χ4v) is 2.56. The topological polar surface area (TPSA) is 66.4 Å². The molecule has 0 saturated heterocycles. The molecule has 1 amide bonds. The lowest BCUT2D eigenvalue weighted by atomic mass is 10.0. The second-order valence-corrected chi connectivity index (χ2v) is 6.92. The molecule has 0 aliphatic carbocycles. The van der Waals surface area contributed by atoms with Crippen LogP contribution in [0.2, 0.25) is 0 Å². The first-order chi connectivity index (χ1) is 9.25. The van der Waals surface area contributed by atoms with Gasteiger partial charge in [-0.2, -0.15) is 0 Å². The lowest BCUT2D eigenvalue weighted by molar-refractivity contribution is -0.120. The normalized spacial score (nSPS) is 11.2. The molecule has 0 aliphatic rings. The number of hydrogen-bond acceptors (Lipinski definition) is 3. The lowest BCUT2D eigenvalue weighted by Gasteiger charge is -2.24. The summed E-state index contributed by atoms with van der Waals surface area (Å²) in [7, 11) is 0. The van der Waals surface area contributed by atoms with E-state index in [1.54, 1.807) is 18.2 Å². The van der Waals surface area contributed by atoms with Crippen molar-refractivity contribution in [2.24, 2.45) is 0 Å². The fraction of sp³-hybridized carbons (Fsp3) is 0.429. The number of benzene rings is 1. The van der Waals surface area contributed by atoms with Crippen molar-refractivity contribution in [1.29, 1.82) is 0 Å². The number of nitrogens with one attached hydrogen (secondary N) is 1. The van der Waals surface area contributed by atoms with Crippen LogP contribution in [0.3, 0.4) is 0 Å². The van der Waals surface area contributed by atoms with Gasteiger partial charge >= 0.3 is 5.97 Å². The number of carbonyl (C=O) groups excluding carboxylic acids is 1. The Balaban J connectivity index is 2.64. The summed E-state index contributed by atoms with van der Waals surface area (Å²) >= 11 is 4.51. The first-order valence-electron chi connectivity index (χ1n) is 6.22. The second-order valence-electron chi connectivity index (χ2n) is 5.02. The Morgan fingerprint density at radius 2 is 2.05 bits per heavy atom. The van der Waals surface area contributed by atoms with Gasteiger partial charge in [0.1, 0.15) is 0 Å². The molecule has 0 aromatic heterocycles. The number of carboxylic acid groups (broad SMARTS) is 1. The Labute approximate surface area is 131 Å². The average molecular weight is 360 g/mol. The highest BCUT2D eigenvalue weighted by atomic mass is 79.9. The molecule has 0 heterocycles. The van der Waals surface area contributed by atoms with Gasteiger partial charge in [0, 0.05) is 14.9 Å². The van der Waals surface area contributed by atoms with Crippen LogP contribution in [-0.2, 0) is 4.79 Å². The van der Waals surface area contributed by atoms with E-state index in [-0.39, 0.29) is 22.8 Å². The third kappa shape index (κ3) is 5.17. The summed E-state index contributed by atoms with van der Waals surface area (Å²) in [6, 6.07) is 5.04. The smallest absolute Gasteiger partial charge is 0.336 e. The van der Waals surface area contributed by atoms with Crippen LogP contribution in [0.5, 0.6) is 0 Å². The van der Waals surface area contributed by atoms with Gasteiger partial charge < -0.3 is 10.4 Å². The summed E-state index contributed by atoms with van der Waals surface area (Å²) in [6.45, 7) is 5.96. The van der Waals surface area contributed by atoms with E-state index < -0.39 is 5.97 Å². The molecule has 0 bridgehead atoms. The molecule has 0 fully saturated rings. The maximum atomic E-state index is 11.8. The molecule has 0 spiro atoms. The summed E-state index contributed by atoms with van der Waals surface area (Å²) in [5.74, 6) is -0.776. The number of hydrogen-bond donors (Lipinski definition) is 2. The molecule has 4 nitrogen and oxygen atoms in total. The standard InChI is InChI=1S/C14H18BrNO3S/c1-4-14(2,3)16-12(17)8-20-9-5-6-11(15)10(7-9)13(18)19/h5-7H,4,8H2,1-3H3,(H,16,17)(H,18,19). The highest BCUT2D eigenvalue weighted by Crippen LogP contribution is 2.25. The molecular formula is C14H18BrNO3S.